The minimum Gasteiger partial charge on any atom is -0.462 e. The summed E-state index contributed by atoms with van der Waals surface area (Å²) in [5.74, 6) is -1.46. The van der Waals surface area contributed by atoms with E-state index in [1.807, 2.05) is 0 Å². The predicted octanol–water partition coefficient (Wildman–Crippen LogP) is 3.41. The normalized spacial score (nSPS) is 10.8. The van der Waals surface area contributed by atoms with E-state index in [1.165, 1.54) is 12.3 Å². The Labute approximate surface area is 147 Å². The van der Waals surface area contributed by atoms with Gasteiger partial charge in [-0.1, -0.05) is 11.6 Å². The van der Waals surface area contributed by atoms with Crippen molar-refractivity contribution in [2.45, 2.75) is 13.5 Å². The highest BCUT2D eigenvalue weighted by atomic mass is 35.5. The van der Waals surface area contributed by atoms with Gasteiger partial charge < -0.3 is 9.30 Å². The molecule has 0 aliphatic carbocycles. The maximum absolute atomic E-state index is 13.9. The Morgan fingerprint density at radius 3 is 2.72 bits per heavy atom. The maximum atomic E-state index is 13.9. The lowest BCUT2D eigenvalue weighted by atomic mass is 10.1. The smallest absolute Gasteiger partial charge is 0.343 e. The van der Waals surface area contributed by atoms with Gasteiger partial charge in [0.2, 0.25) is 5.43 Å². The van der Waals surface area contributed by atoms with Gasteiger partial charge in [0, 0.05) is 30.5 Å². The largest absolute Gasteiger partial charge is 0.462 e. The third-order valence-electron chi connectivity index (χ3n) is 3.72. The van der Waals surface area contributed by atoms with Crippen LogP contribution in [-0.4, -0.2) is 22.1 Å². The van der Waals surface area contributed by atoms with Crippen molar-refractivity contribution in [1.29, 1.82) is 0 Å². The summed E-state index contributed by atoms with van der Waals surface area (Å²) in [6, 6.07) is 6.04. The summed E-state index contributed by atoms with van der Waals surface area (Å²) >= 11 is 5.88. The fourth-order valence-electron chi connectivity index (χ4n) is 2.55. The molecule has 0 aliphatic rings. The molecule has 0 unspecified atom stereocenters. The Bertz CT molecular complexity index is 1000. The molecule has 2 heterocycles. The van der Waals surface area contributed by atoms with Crippen molar-refractivity contribution in [1.82, 2.24) is 9.55 Å². The van der Waals surface area contributed by atoms with Gasteiger partial charge in [0.05, 0.1) is 17.1 Å². The van der Waals surface area contributed by atoms with E-state index in [0.29, 0.717) is 12.1 Å². The van der Waals surface area contributed by atoms with Crippen LogP contribution in [0, 0.1) is 5.82 Å². The molecular formula is C18H14ClFN2O3. The Hall–Kier alpha value is -2.73. The quantitative estimate of drug-likeness (QED) is 0.669. The van der Waals surface area contributed by atoms with Crippen molar-refractivity contribution < 1.29 is 13.9 Å². The minimum atomic E-state index is -0.742. The number of esters is 1. The van der Waals surface area contributed by atoms with Gasteiger partial charge in [-0.2, -0.15) is 0 Å². The monoisotopic (exact) mass is 360 g/mol. The predicted molar refractivity (Wildman–Crippen MR) is 92.5 cm³/mol. The van der Waals surface area contributed by atoms with Crippen LogP contribution in [0.2, 0.25) is 5.02 Å². The molecule has 3 rings (SSSR count). The van der Waals surface area contributed by atoms with Crippen LogP contribution >= 0.6 is 11.6 Å². The molecule has 0 saturated heterocycles. The second-order valence-electron chi connectivity index (χ2n) is 5.36. The fraction of sp³-hybridized carbons (Fsp3) is 0.167. The molecule has 5 nitrogen and oxygen atoms in total. The van der Waals surface area contributed by atoms with Crippen molar-refractivity contribution in [2.24, 2.45) is 0 Å². The minimum absolute atomic E-state index is 0.0708. The molecule has 1 aromatic carbocycles. The van der Waals surface area contributed by atoms with E-state index in [-0.39, 0.29) is 22.6 Å². The van der Waals surface area contributed by atoms with E-state index in [2.05, 4.69) is 4.98 Å². The molecule has 0 amide bonds. The number of aromatic nitrogens is 2. The first-order chi connectivity index (χ1) is 12.0. The molecule has 0 atom stereocenters. The zero-order chi connectivity index (χ0) is 18.0. The van der Waals surface area contributed by atoms with Gasteiger partial charge in [0.25, 0.3) is 0 Å². The van der Waals surface area contributed by atoms with Gasteiger partial charge in [-0.05, 0) is 36.8 Å². The summed E-state index contributed by atoms with van der Waals surface area (Å²) in [5.41, 5.74) is 0.594. The Balaban J connectivity index is 2.25. The summed E-state index contributed by atoms with van der Waals surface area (Å²) < 4.78 is 20.5. The molecule has 0 fully saturated rings. The third-order valence-corrected chi connectivity index (χ3v) is 4.01. The zero-order valence-electron chi connectivity index (χ0n) is 13.3. The molecule has 128 valence electrons. The van der Waals surface area contributed by atoms with Gasteiger partial charge in [-0.15, -0.1) is 0 Å². The number of hydrogen-bond donors (Lipinski definition) is 0. The van der Waals surface area contributed by atoms with E-state index in [9.17, 15) is 14.0 Å². The molecule has 0 bridgehead atoms. The topological polar surface area (TPSA) is 61.2 Å². The van der Waals surface area contributed by atoms with Gasteiger partial charge in [-0.3, -0.25) is 9.78 Å². The Kier molecular flexibility index (Phi) is 4.81. The number of hydrogen-bond acceptors (Lipinski definition) is 4. The molecule has 0 N–H and O–H groups in total. The van der Waals surface area contributed by atoms with Crippen LogP contribution in [0.4, 0.5) is 4.39 Å². The van der Waals surface area contributed by atoms with Gasteiger partial charge in [0.15, 0.2) is 0 Å². The molecule has 25 heavy (non-hydrogen) atoms. The van der Waals surface area contributed by atoms with Crippen molar-refractivity contribution in [2.75, 3.05) is 6.61 Å². The molecule has 0 aliphatic heterocycles. The second-order valence-corrected chi connectivity index (χ2v) is 5.77. The average Bonchev–Trinajstić information content (AvgIpc) is 2.60. The van der Waals surface area contributed by atoms with Crippen LogP contribution in [0.15, 0.2) is 47.7 Å². The standard InChI is InChI=1S/C18H14ClFN2O3/c1-2-25-18(24)13-10-22(9-11-3-5-21-6-4-11)16-8-14(19)15(20)7-12(16)17(13)23/h3-8,10H,2,9H2,1H3. The number of pyridine rings is 2. The molecular weight excluding hydrogens is 347 g/mol. The van der Waals surface area contributed by atoms with E-state index in [1.54, 1.807) is 36.0 Å². The van der Waals surface area contributed by atoms with Crippen molar-refractivity contribution in [3.05, 3.63) is 75.0 Å². The number of fused-ring (bicyclic) bond motifs is 1. The number of nitrogens with zero attached hydrogens (tertiary/aromatic N) is 2. The number of benzene rings is 1. The first kappa shape index (κ1) is 17.1. The van der Waals surface area contributed by atoms with Crippen molar-refractivity contribution in [3.8, 4) is 0 Å². The zero-order valence-corrected chi connectivity index (χ0v) is 14.1. The summed E-state index contributed by atoms with van der Waals surface area (Å²) in [4.78, 5) is 28.6. The van der Waals surface area contributed by atoms with Crippen LogP contribution < -0.4 is 5.43 Å². The lowest BCUT2D eigenvalue weighted by Crippen LogP contribution is -2.21. The highest BCUT2D eigenvalue weighted by molar-refractivity contribution is 6.31. The van der Waals surface area contributed by atoms with Crippen molar-refractivity contribution in [3.63, 3.8) is 0 Å². The van der Waals surface area contributed by atoms with Crippen LogP contribution in [0.25, 0.3) is 10.9 Å². The van der Waals surface area contributed by atoms with E-state index >= 15 is 0 Å². The number of halogens is 2. The Morgan fingerprint density at radius 2 is 2.04 bits per heavy atom. The number of rotatable bonds is 4. The summed E-state index contributed by atoms with van der Waals surface area (Å²) in [7, 11) is 0. The first-order valence-electron chi connectivity index (χ1n) is 7.59. The number of ether oxygens (including phenoxy) is 1. The van der Waals surface area contributed by atoms with Gasteiger partial charge >= 0.3 is 5.97 Å². The Morgan fingerprint density at radius 1 is 1.32 bits per heavy atom. The lowest BCUT2D eigenvalue weighted by Gasteiger charge is -2.14. The second kappa shape index (κ2) is 7.03. The van der Waals surface area contributed by atoms with Crippen LogP contribution in [0.3, 0.4) is 0 Å². The molecule has 0 saturated carbocycles. The van der Waals surface area contributed by atoms with E-state index in [4.69, 9.17) is 16.3 Å². The molecule has 2 aromatic heterocycles. The van der Waals surface area contributed by atoms with Crippen LogP contribution in [0.1, 0.15) is 22.8 Å². The molecule has 7 heteroatoms. The van der Waals surface area contributed by atoms with E-state index in [0.717, 1.165) is 11.6 Å². The highest BCUT2D eigenvalue weighted by Crippen LogP contribution is 2.22. The summed E-state index contributed by atoms with van der Waals surface area (Å²) in [5, 5.41) is -0.0271. The highest BCUT2D eigenvalue weighted by Gasteiger charge is 2.18. The molecule has 3 aromatic rings. The summed E-state index contributed by atoms with van der Waals surface area (Å²) in [6.07, 6.45) is 4.69. The van der Waals surface area contributed by atoms with E-state index < -0.39 is 17.2 Å². The maximum Gasteiger partial charge on any atom is 0.343 e. The van der Waals surface area contributed by atoms with Gasteiger partial charge in [0.1, 0.15) is 11.4 Å². The average molecular weight is 361 g/mol. The van der Waals surface area contributed by atoms with Gasteiger partial charge in [-0.25, -0.2) is 9.18 Å². The SMILES string of the molecule is CCOC(=O)c1cn(Cc2ccncc2)c2cc(Cl)c(F)cc2c1=O. The third kappa shape index (κ3) is 3.39. The lowest BCUT2D eigenvalue weighted by molar-refractivity contribution is 0.0524. The number of carbonyl (C=O) groups is 1. The number of carbonyl (C=O) groups excluding carboxylic acids is 1. The van der Waals surface area contributed by atoms with Crippen molar-refractivity contribution >= 4 is 28.5 Å². The molecule has 0 spiro atoms. The summed E-state index contributed by atoms with van der Waals surface area (Å²) in [6.45, 7) is 2.14. The molecule has 0 radical (unpaired) electrons. The van der Waals surface area contributed by atoms with Crippen LogP contribution in [-0.2, 0) is 11.3 Å². The fourth-order valence-corrected chi connectivity index (χ4v) is 2.71. The van der Waals surface area contributed by atoms with Crippen LogP contribution in [0.5, 0.6) is 0 Å². The first-order valence-corrected chi connectivity index (χ1v) is 7.97.